The molecule has 0 amide bonds. The average molecular weight is 596 g/mol. The van der Waals surface area contributed by atoms with Gasteiger partial charge in [-0.3, -0.25) is 3.97 Å². The van der Waals surface area contributed by atoms with Crippen LogP contribution in [0, 0.1) is 0 Å². The van der Waals surface area contributed by atoms with E-state index in [4.69, 9.17) is 55.5 Å². The molecule has 0 spiro atoms. The standard InChI is InChI=1S/C32H20Cl2N4O2S/c1-2-37-19-9-5-3-7-15(19)23-21(37)13-11-17-29(23)39-31-25(33)28-32(26(34)27(31)35-17)40-30-18(36-28)12-14-22-24(30)16-8-4-6-10-20(16)38(22)41/h3-14,29,32,41H,2H2,1H3. The van der Waals surface area contributed by atoms with Crippen molar-refractivity contribution < 1.29 is 9.47 Å². The lowest BCUT2D eigenvalue weighted by Gasteiger charge is -2.35. The topological polar surface area (TPSA) is 53.0 Å². The molecule has 4 heterocycles. The van der Waals surface area contributed by atoms with Crippen molar-refractivity contribution in [3.63, 3.8) is 0 Å². The molecule has 2 aromatic heterocycles. The Morgan fingerprint density at radius 2 is 1.63 bits per heavy atom. The molecule has 0 saturated carbocycles. The number of fused-ring (bicyclic) bond motifs is 12. The van der Waals surface area contributed by atoms with Crippen molar-refractivity contribution in [2.24, 2.45) is 9.98 Å². The molecule has 9 rings (SSSR count). The molecule has 4 aliphatic rings. The third kappa shape index (κ3) is 3.01. The van der Waals surface area contributed by atoms with Gasteiger partial charge in [0.15, 0.2) is 23.7 Å². The Labute approximate surface area is 250 Å². The number of aryl methyl sites for hydroxylation is 1. The zero-order chi connectivity index (χ0) is 27.6. The maximum atomic E-state index is 7.07. The maximum Gasteiger partial charge on any atom is 0.180 e. The van der Waals surface area contributed by atoms with E-state index in [1.165, 1.54) is 0 Å². The molecule has 0 N–H and O–H groups in total. The first kappa shape index (κ1) is 23.8. The van der Waals surface area contributed by atoms with E-state index in [1.807, 2.05) is 46.4 Å². The predicted octanol–water partition coefficient (Wildman–Crippen LogP) is 8.45. The van der Waals surface area contributed by atoms with E-state index in [0.717, 1.165) is 56.2 Å². The number of halogens is 2. The normalized spacial score (nSPS) is 20.7. The van der Waals surface area contributed by atoms with Crippen molar-refractivity contribution in [2.45, 2.75) is 25.7 Å². The molecule has 0 bridgehead atoms. The quantitative estimate of drug-likeness (QED) is 0.198. The molecular formula is C32H20Cl2N4O2S. The van der Waals surface area contributed by atoms with Gasteiger partial charge in [-0.25, -0.2) is 9.98 Å². The van der Waals surface area contributed by atoms with Gasteiger partial charge in [0.25, 0.3) is 0 Å². The summed E-state index contributed by atoms with van der Waals surface area (Å²) >= 11 is 18.9. The van der Waals surface area contributed by atoms with Crippen molar-refractivity contribution in [1.82, 2.24) is 8.54 Å². The molecule has 2 atom stereocenters. The summed E-state index contributed by atoms with van der Waals surface area (Å²) in [4.78, 5) is 9.99. The molecule has 41 heavy (non-hydrogen) atoms. The second kappa shape index (κ2) is 8.32. The third-order valence-electron chi connectivity index (χ3n) is 8.35. The van der Waals surface area contributed by atoms with Crippen molar-refractivity contribution >= 4 is 91.9 Å². The molecule has 3 aromatic carbocycles. The van der Waals surface area contributed by atoms with E-state index in [2.05, 4.69) is 41.8 Å². The van der Waals surface area contributed by atoms with Crippen LogP contribution in [0.4, 0.5) is 5.69 Å². The SMILES string of the molecule is CCn1c2c(c3ccccc31)C1OC3=C(Cl)C4=Nc5ccc6c(c5OC4C(Cl)=C3N=C1C=C2)c1ccccc1n6S. The van der Waals surface area contributed by atoms with Crippen LogP contribution in [0.25, 0.3) is 38.8 Å². The predicted molar refractivity (Wildman–Crippen MR) is 169 cm³/mol. The highest BCUT2D eigenvalue weighted by Gasteiger charge is 2.44. The number of benzene rings is 3. The zero-order valence-electron chi connectivity index (χ0n) is 21.6. The number of aliphatic imine (C=N–C) groups is 2. The highest BCUT2D eigenvalue weighted by atomic mass is 35.5. The lowest BCUT2D eigenvalue weighted by atomic mass is 9.93. The van der Waals surface area contributed by atoms with Crippen LogP contribution in [-0.2, 0) is 11.3 Å². The summed E-state index contributed by atoms with van der Waals surface area (Å²) in [5, 5.41) is 3.83. The number of para-hydroxylation sites is 2. The van der Waals surface area contributed by atoms with E-state index in [0.29, 0.717) is 38.7 Å². The van der Waals surface area contributed by atoms with Gasteiger partial charge in [0.05, 0.1) is 27.2 Å². The van der Waals surface area contributed by atoms with Crippen LogP contribution in [0.15, 0.2) is 98.2 Å². The van der Waals surface area contributed by atoms with Gasteiger partial charge in [-0.2, -0.15) is 0 Å². The highest BCUT2D eigenvalue weighted by Crippen LogP contribution is 2.51. The number of ether oxygens (including phenoxy) is 2. The number of hydrogen-bond donors (Lipinski definition) is 1. The molecule has 0 radical (unpaired) electrons. The first-order valence-electron chi connectivity index (χ1n) is 13.4. The Balaban J connectivity index is 1.24. The largest absolute Gasteiger partial charge is 0.475 e. The van der Waals surface area contributed by atoms with Gasteiger partial charge in [0.2, 0.25) is 0 Å². The zero-order valence-corrected chi connectivity index (χ0v) is 24.0. The van der Waals surface area contributed by atoms with Gasteiger partial charge < -0.3 is 14.0 Å². The van der Waals surface area contributed by atoms with Crippen LogP contribution in [-0.4, -0.2) is 26.1 Å². The van der Waals surface area contributed by atoms with E-state index in [9.17, 15) is 0 Å². The summed E-state index contributed by atoms with van der Waals surface area (Å²) in [5.41, 5.74) is 7.70. The summed E-state index contributed by atoms with van der Waals surface area (Å²) in [7, 11) is 0. The van der Waals surface area contributed by atoms with Gasteiger partial charge >= 0.3 is 0 Å². The minimum absolute atomic E-state index is 0.356. The summed E-state index contributed by atoms with van der Waals surface area (Å²) < 4.78 is 17.5. The maximum absolute atomic E-state index is 7.07. The first-order valence-corrected chi connectivity index (χ1v) is 14.6. The number of hydrogen-bond acceptors (Lipinski definition) is 5. The van der Waals surface area contributed by atoms with Gasteiger partial charge in [0, 0.05) is 34.1 Å². The minimum Gasteiger partial charge on any atom is -0.475 e. The molecule has 2 unspecified atom stereocenters. The second-order valence-electron chi connectivity index (χ2n) is 10.4. The monoisotopic (exact) mass is 594 g/mol. The molecule has 9 heteroatoms. The summed E-state index contributed by atoms with van der Waals surface area (Å²) in [5.74, 6) is 1.07. The first-order chi connectivity index (χ1) is 20.0. The fraction of sp³-hybridized carbons (Fsp3) is 0.125. The lowest BCUT2D eigenvalue weighted by molar-refractivity contribution is 0.169. The van der Waals surface area contributed by atoms with Gasteiger partial charge in [-0.15, -0.1) is 0 Å². The Hall–Kier alpha value is -3.91. The second-order valence-corrected chi connectivity index (χ2v) is 11.6. The van der Waals surface area contributed by atoms with Gasteiger partial charge in [0.1, 0.15) is 22.1 Å². The molecule has 0 saturated heterocycles. The number of nitrogens with zero attached hydrogens (tertiary/aromatic N) is 4. The smallest absolute Gasteiger partial charge is 0.180 e. The van der Waals surface area contributed by atoms with E-state index >= 15 is 0 Å². The fourth-order valence-electron chi connectivity index (χ4n) is 6.58. The van der Waals surface area contributed by atoms with Crippen molar-refractivity contribution in [3.8, 4) is 5.75 Å². The third-order valence-corrected chi connectivity index (χ3v) is 9.53. The lowest BCUT2D eigenvalue weighted by Crippen LogP contribution is -2.37. The Morgan fingerprint density at radius 3 is 2.46 bits per heavy atom. The van der Waals surface area contributed by atoms with Crippen molar-refractivity contribution in [1.29, 1.82) is 0 Å². The van der Waals surface area contributed by atoms with Gasteiger partial charge in [-0.05, 0) is 43.3 Å². The van der Waals surface area contributed by atoms with E-state index < -0.39 is 12.2 Å². The summed E-state index contributed by atoms with van der Waals surface area (Å²) in [6.45, 7) is 2.99. The van der Waals surface area contributed by atoms with Crippen LogP contribution in [0.3, 0.4) is 0 Å². The van der Waals surface area contributed by atoms with Crippen LogP contribution >= 0.6 is 36.0 Å². The van der Waals surface area contributed by atoms with Crippen molar-refractivity contribution in [2.75, 3.05) is 0 Å². The van der Waals surface area contributed by atoms with Crippen LogP contribution in [0.5, 0.6) is 5.75 Å². The van der Waals surface area contributed by atoms with E-state index in [1.54, 1.807) is 0 Å². The molecular weight excluding hydrogens is 575 g/mol. The number of rotatable bonds is 1. The molecule has 200 valence electrons. The van der Waals surface area contributed by atoms with E-state index in [-0.39, 0.29) is 0 Å². The Kier molecular flexibility index (Phi) is 4.82. The molecule has 2 aliphatic heterocycles. The molecule has 0 fully saturated rings. The van der Waals surface area contributed by atoms with Crippen LogP contribution < -0.4 is 4.74 Å². The summed E-state index contributed by atoms with van der Waals surface area (Å²) in [6, 6.07) is 20.4. The summed E-state index contributed by atoms with van der Waals surface area (Å²) in [6.07, 6.45) is 2.98. The average Bonchev–Trinajstić information content (AvgIpc) is 3.50. The number of aromatic nitrogens is 2. The highest BCUT2D eigenvalue weighted by molar-refractivity contribution is 7.79. The van der Waals surface area contributed by atoms with Gasteiger partial charge in [-0.1, -0.05) is 72.4 Å². The van der Waals surface area contributed by atoms with Crippen LogP contribution in [0.2, 0.25) is 0 Å². The minimum atomic E-state index is -0.710. The van der Waals surface area contributed by atoms with Crippen molar-refractivity contribution in [3.05, 3.63) is 99.5 Å². The molecule has 5 aromatic rings. The van der Waals surface area contributed by atoms with Crippen LogP contribution in [0.1, 0.15) is 24.3 Å². The fourth-order valence-corrected chi connectivity index (χ4v) is 7.47. The Bertz CT molecular complexity index is 2200. The molecule has 6 nitrogen and oxygen atoms in total. The molecule has 2 aliphatic carbocycles. The Morgan fingerprint density at radius 1 is 0.854 bits per heavy atom. The number of thiol groups is 1.